The van der Waals surface area contributed by atoms with Gasteiger partial charge in [0.15, 0.2) is 0 Å². The monoisotopic (exact) mass is 121 g/mol. The quantitative estimate of drug-likeness (QED) is 0.424. The van der Waals surface area contributed by atoms with Gasteiger partial charge in [0.1, 0.15) is 0 Å². The minimum Gasteiger partial charge on any atom is -0.0658 e. The van der Waals surface area contributed by atoms with Crippen LogP contribution in [0, 0.1) is 0 Å². The van der Waals surface area contributed by atoms with Crippen LogP contribution in [0.3, 0.4) is 0 Å². The predicted molar refractivity (Wildman–Crippen MR) is 39.3 cm³/mol. The highest BCUT2D eigenvalue weighted by molar-refractivity contribution is 6.62. The van der Waals surface area contributed by atoms with Crippen LogP contribution in [0.25, 0.3) is 0 Å². The summed E-state index contributed by atoms with van der Waals surface area (Å²) >= 11 is 0. The van der Waals surface area contributed by atoms with E-state index in [2.05, 4.69) is 32.1 Å². The fourth-order valence-corrected chi connectivity index (χ4v) is 1.71. The molecule has 1 aliphatic rings. The molecule has 1 heteroatoms. The Bertz CT molecular complexity index is 170. The Kier molecular flexibility index (Phi) is 1.58. The average molecular weight is 121 g/mol. The van der Waals surface area contributed by atoms with Crippen molar-refractivity contribution in [1.29, 1.82) is 0 Å². The summed E-state index contributed by atoms with van der Waals surface area (Å²) in [5.41, 5.74) is 0. The fourth-order valence-electron chi connectivity index (χ4n) is 0.731. The molecule has 0 spiro atoms. The molecule has 0 bridgehead atoms. The summed E-state index contributed by atoms with van der Waals surface area (Å²) in [5.74, 6) is 0. The van der Waals surface area contributed by atoms with Gasteiger partial charge in [-0.1, -0.05) is 28.6 Å². The molecule has 0 saturated heterocycles. The summed E-state index contributed by atoms with van der Waals surface area (Å²) in [6, 6.07) is 0. The second kappa shape index (κ2) is 2.22. The molecular weight excluding hydrogens is 112 g/mol. The summed E-state index contributed by atoms with van der Waals surface area (Å²) < 4.78 is 0. The van der Waals surface area contributed by atoms with Crippen molar-refractivity contribution in [3.8, 4) is 0 Å². The molecule has 0 nitrogen and oxygen atoms in total. The van der Waals surface area contributed by atoms with Crippen LogP contribution < -0.4 is 0 Å². The van der Waals surface area contributed by atoms with Crippen molar-refractivity contribution in [1.82, 2.24) is 0 Å². The van der Waals surface area contributed by atoms with Gasteiger partial charge < -0.3 is 0 Å². The van der Waals surface area contributed by atoms with E-state index in [1.807, 2.05) is 0 Å². The minimum atomic E-state index is 0.940. The van der Waals surface area contributed by atoms with Crippen LogP contribution in [0.15, 0.2) is 23.4 Å². The third-order valence-electron chi connectivity index (χ3n) is 1.09. The number of allylic oxidation sites excluding steroid dienone is 4. The molecule has 8 heavy (non-hydrogen) atoms. The van der Waals surface area contributed by atoms with Crippen molar-refractivity contribution in [2.45, 2.75) is 13.8 Å². The smallest absolute Gasteiger partial charge is 0.0573 e. The van der Waals surface area contributed by atoms with Crippen LogP contribution >= 0.6 is 0 Å². The van der Waals surface area contributed by atoms with Gasteiger partial charge in [0.25, 0.3) is 0 Å². The Morgan fingerprint density at radius 1 is 1.38 bits per heavy atom. The zero-order valence-electron chi connectivity index (χ0n) is 5.23. The van der Waals surface area contributed by atoms with E-state index in [1.165, 1.54) is 10.4 Å². The van der Waals surface area contributed by atoms with Crippen LogP contribution in [0.1, 0.15) is 13.8 Å². The summed E-state index contributed by atoms with van der Waals surface area (Å²) in [5, 5.41) is 2.98. The largest absolute Gasteiger partial charge is 0.0658 e. The second-order valence-corrected chi connectivity index (χ2v) is 3.84. The highest BCUT2D eigenvalue weighted by atomic mass is 28.2. The second-order valence-electron chi connectivity index (χ2n) is 2.02. The SMILES string of the molecule is CC1=CC=CC(C)=[Si]1. The standard InChI is InChI=1S/C7H9Si/c1-6-4-3-5-7(2)8-6/h3-5H,1-2H3. The zero-order chi connectivity index (χ0) is 5.98. The zero-order valence-corrected chi connectivity index (χ0v) is 6.23. The Hall–Kier alpha value is -0.433. The van der Waals surface area contributed by atoms with E-state index in [9.17, 15) is 0 Å². The van der Waals surface area contributed by atoms with E-state index >= 15 is 0 Å². The highest BCUT2D eigenvalue weighted by Crippen LogP contribution is 1.93. The fraction of sp³-hybridized carbons (Fsp3) is 0.286. The lowest BCUT2D eigenvalue weighted by Crippen LogP contribution is -1.98. The van der Waals surface area contributed by atoms with Gasteiger partial charge in [-0.3, -0.25) is 0 Å². The van der Waals surface area contributed by atoms with Crippen molar-refractivity contribution < 1.29 is 0 Å². The Labute approximate surface area is 52.4 Å². The molecule has 1 rings (SSSR count). The van der Waals surface area contributed by atoms with Gasteiger partial charge in [-0.25, -0.2) is 0 Å². The Balaban J connectivity index is 2.89. The maximum atomic E-state index is 2.17. The third-order valence-corrected chi connectivity index (χ3v) is 2.21. The maximum absolute atomic E-state index is 2.17. The molecule has 1 heterocycles. The normalized spacial score (nSPS) is 17.8. The maximum Gasteiger partial charge on any atom is 0.0573 e. The average Bonchev–Trinajstić information content (AvgIpc) is 1.64. The lowest BCUT2D eigenvalue weighted by molar-refractivity contribution is 1.64. The third kappa shape index (κ3) is 1.27. The van der Waals surface area contributed by atoms with Gasteiger partial charge in [-0.2, -0.15) is 0 Å². The Morgan fingerprint density at radius 3 is 2.50 bits per heavy atom. The molecule has 0 aromatic carbocycles. The van der Waals surface area contributed by atoms with Crippen LogP contribution in [-0.2, 0) is 0 Å². The van der Waals surface area contributed by atoms with Gasteiger partial charge in [0, 0.05) is 0 Å². The van der Waals surface area contributed by atoms with Gasteiger partial charge in [-0.05, 0) is 13.8 Å². The van der Waals surface area contributed by atoms with E-state index in [4.69, 9.17) is 0 Å². The molecule has 0 unspecified atom stereocenters. The van der Waals surface area contributed by atoms with Crippen LogP contribution in [-0.4, -0.2) is 14.3 Å². The summed E-state index contributed by atoms with van der Waals surface area (Å²) in [4.78, 5) is 0. The highest BCUT2D eigenvalue weighted by Gasteiger charge is 1.88. The van der Waals surface area contributed by atoms with Crippen molar-refractivity contribution in [2.24, 2.45) is 0 Å². The van der Waals surface area contributed by atoms with E-state index in [1.54, 1.807) is 0 Å². The van der Waals surface area contributed by atoms with E-state index in [-0.39, 0.29) is 0 Å². The molecule has 0 aromatic heterocycles. The van der Waals surface area contributed by atoms with E-state index in [0.717, 1.165) is 9.13 Å². The molecule has 0 saturated carbocycles. The molecule has 1 aliphatic heterocycles. The van der Waals surface area contributed by atoms with Crippen LogP contribution in [0.2, 0.25) is 0 Å². The van der Waals surface area contributed by atoms with Gasteiger partial charge in [0.05, 0.1) is 9.13 Å². The minimum absolute atomic E-state index is 0.940. The van der Waals surface area contributed by atoms with Crippen LogP contribution in [0.5, 0.6) is 0 Å². The van der Waals surface area contributed by atoms with Gasteiger partial charge >= 0.3 is 0 Å². The number of hydrogen-bond donors (Lipinski definition) is 0. The van der Waals surface area contributed by atoms with Crippen molar-refractivity contribution in [3.63, 3.8) is 0 Å². The molecule has 0 amide bonds. The topological polar surface area (TPSA) is 0 Å². The summed E-state index contributed by atoms with van der Waals surface area (Å²) in [6.45, 7) is 4.34. The molecule has 0 aromatic rings. The first kappa shape index (κ1) is 5.70. The first-order valence-electron chi connectivity index (χ1n) is 2.74. The van der Waals surface area contributed by atoms with Gasteiger partial charge in [-0.15, -0.1) is 0 Å². The summed E-state index contributed by atoms with van der Waals surface area (Å²) in [7, 11) is 0.940. The first-order chi connectivity index (χ1) is 3.79. The molecule has 0 atom stereocenters. The molecule has 41 valence electrons. The summed E-state index contributed by atoms with van der Waals surface area (Å²) in [6.07, 6.45) is 6.46. The molecule has 0 aliphatic carbocycles. The molecular formula is C7H9Si. The van der Waals surface area contributed by atoms with Crippen LogP contribution in [0.4, 0.5) is 0 Å². The molecule has 1 radical (unpaired) electrons. The Morgan fingerprint density at radius 2 is 2.12 bits per heavy atom. The van der Waals surface area contributed by atoms with Gasteiger partial charge in [0.2, 0.25) is 0 Å². The van der Waals surface area contributed by atoms with E-state index < -0.39 is 0 Å². The van der Waals surface area contributed by atoms with Crippen molar-refractivity contribution in [3.05, 3.63) is 23.4 Å². The first-order valence-corrected chi connectivity index (χ1v) is 3.74. The van der Waals surface area contributed by atoms with Crippen molar-refractivity contribution in [2.75, 3.05) is 0 Å². The number of hydrogen-bond acceptors (Lipinski definition) is 0. The lowest BCUT2D eigenvalue weighted by atomic mass is 10.4. The van der Waals surface area contributed by atoms with Crippen molar-refractivity contribution >= 4 is 14.3 Å². The predicted octanol–water partition coefficient (Wildman–Crippen LogP) is 1.36. The number of rotatable bonds is 0. The molecule has 0 fully saturated rings. The molecule has 0 N–H and O–H groups in total. The van der Waals surface area contributed by atoms with E-state index in [0.29, 0.717) is 0 Å². The lowest BCUT2D eigenvalue weighted by Gasteiger charge is -1.96.